The molecule has 1 aromatic carbocycles. The smallest absolute Gasteiger partial charge is 0.127 e. The molecule has 0 saturated heterocycles. The van der Waals surface area contributed by atoms with Gasteiger partial charge in [-0.3, -0.25) is 0 Å². The van der Waals surface area contributed by atoms with Crippen molar-refractivity contribution in [2.45, 2.75) is 52.0 Å². The molecule has 1 fully saturated rings. The molecule has 2 nitrogen and oxygen atoms in total. The van der Waals surface area contributed by atoms with Gasteiger partial charge in [0.15, 0.2) is 0 Å². The summed E-state index contributed by atoms with van der Waals surface area (Å²) in [5.74, 6) is 1.76. The third-order valence-corrected chi connectivity index (χ3v) is 4.65. The molecule has 2 heteroatoms. The van der Waals surface area contributed by atoms with Crippen LogP contribution >= 0.6 is 0 Å². The summed E-state index contributed by atoms with van der Waals surface area (Å²) in [4.78, 5) is 0. The first kappa shape index (κ1) is 13.4. The fourth-order valence-electron chi connectivity index (χ4n) is 3.22. The van der Waals surface area contributed by atoms with E-state index in [0.717, 1.165) is 24.5 Å². The summed E-state index contributed by atoms with van der Waals surface area (Å²) in [6.07, 6.45) is 4.63. The van der Waals surface area contributed by atoms with Crippen LogP contribution in [-0.4, -0.2) is 7.11 Å². The monoisotopic (exact) mass is 247 g/mol. The van der Waals surface area contributed by atoms with Gasteiger partial charge in [0, 0.05) is 11.1 Å². The minimum absolute atomic E-state index is 0.190. The van der Waals surface area contributed by atoms with Gasteiger partial charge in [-0.1, -0.05) is 25.5 Å². The number of hydrogen-bond acceptors (Lipinski definition) is 2. The average Bonchev–Trinajstić information content (AvgIpc) is 2.75. The van der Waals surface area contributed by atoms with Crippen molar-refractivity contribution >= 4 is 0 Å². The first-order valence-corrected chi connectivity index (χ1v) is 6.95. The zero-order chi connectivity index (χ0) is 13.3. The second-order valence-electron chi connectivity index (χ2n) is 5.76. The molecule has 1 aliphatic carbocycles. The Kier molecular flexibility index (Phi) is 3.67. The van der Waals surface area contributed by atoms with Crippen molar-refractivity contribution in [3.8, 4) is 5.75 Å². The maximum absolute atomic E-state index is 6.66. The largest absolute Gasteiger partial charge is 0.496 e. The van der Waals surface area contributed by atoms with E-state index < -0.39 is 0 Å². The third-order valence-electron chi connectivity index (χ3n) is 4.65. The Balaban J connectivity index is 2.42. The predicted octanol–water partition coefficient (Wildman–Crippen LogP) is 3.68. The highest BCUT2D eigenvalue weighted by Gasteiger charge is 2.38. The summed E-state index contributed by atoms with van der Waals surface area (Å²) in [7, 11) is 1.75. The lowest BCUT2D eigenvalue weighted by Crippen LogP contribution is -2.34. The Morgan fingerprint density at radius 3 is 2.67 bits per heavy atom. The van der Waals surface area contributed by atoms with E-state index in [9.17, 15) is 0 Å². The number of benzene rings is 1. The number of rotatable bonds is 3. The minimum Gasteiger partial charge on any atom is -0.496 e. The summed E-state index contributed by atoms with van der Waals surface area (Å²) in [6.45, 7) is 6.50. The summed E-state index contributed by atoms with van der Waals surface area (Å²) in [5, 5.41) is 0. The van der Waals surface area contributed by atoms with Crippen LogP contribution in [0.4, 0.5) is 0 Å². The van der Waals surface area contributed by atoms with E-state index in [2.05, 4.69) is 32.9 Å². The highest BCUT2D eigenvalue weighted by molar-refractivity contribution is 5.49. The SMILES string of the molecule is CCC1CCC(N)(c2ccc(C)c(C)c2OC)C1. The van der Waals surface area contributed by atoms with Crippen LogP contribution in [0, 0.1) is 19.8 Å². The van der Waals surface area contributed by atoms with E-state index >= 15 is 0 Å². The number of methoxy groups -OCH3 is 1. The second kappa shape index (κ2) is 4.93. The molecule has 1 aliphatic rings. The molecule has 1 saturated carbocycles. The van der Waals surface area contributed by atoms with Gasteiger partial charge in [0.2, 0.25) is 0 Å². The Bertz CT molecular complexity index is 441. The van der Waals surface area contributed by atoms with Crippen LogP contribution in [0.15, 0.2) is 12.1 Å². The number of aryl methyl sites for hydroxylation is 1. The van der Waals surface area contributed by atoms with E-state index in [1.165, 1.54) is 29.5 Å². The first-order valence-electron chi connectivity index (χ1n) is 6.95. The molecule has 0 amide bonds. The topological polar surface area (TPSA) is 35.2 Å². The molecule has 18 heavy (non-hydrogen) atoms. The predicted molar refractivity (Wildman–Crippen MR) is 76.0 cm³/mol. The van der Waals surface area contributed by atoms with Gasteiger partial charge >= 0.3 is 0 Å². The third kappa shape index (κ3) is 2.14. The van der Waals surface area contributed by atoms with E-state index in [-0.39, 0.29) is 5.54 Å². The molecular formula is C16H25NO. The quantitative estimate of drug-likeness (QED) is 0.884. The van der Waals surface area contributed by atoms with Crippen molar-refractivity contribution in [1.82, 2.24) is 0 Å². The molecule has 0 aromatic heterocycles. The fourth-order valence-corrected chi connectivity index (χ4v) is 3.22. The van der Waals surface area contributed by atoms with E-state index in [4.69, 9.17) is 10.5 Å². The van der Waals surface area contributed by atoms with Gasteiger partial charge < -0.3 is 10.5 Å². The van der Waals surface area contributed by atoms with Crippen LogP contribution in [0.25, 0.3) is 0 Å². The van der Waals surface area contributed by atoms with Crippen molar-refractivity contribution < 1.29 is 4.74 Å². The summed E-state index contributed by atoms with van der Waals surface area (Å²) in [6, 6.07) is 4.33. The maximum atomic E-state index is 6.66. The van der Waals surface area contributed by atoms with Gasteiger partial charge in [0.1, 0.15) is 5.75 Å². The van der Waals surface area contributed by atoms with Crippen LogP contribution in [0.5, 0.6) is 5.75 Å². The number of nitrogens with two attached hydrogens (primary N) is 1. The molecule has 2 rings (SSSR count). The molecule has 100 valence electrons. The Labute approximate surface area is 111 Å². The molecule has 2 N–H and O–H groups in total. The standard InChI is InChI=1S/C16H25NO/c1-5-13-8-9-16(17,10-13)14-7-6-11(2)12(3)15(14)18-4/h6-7,13H,5,8-10,17H2,1-4H3. The average molecular weight is 247 g/mol. The molecule has 0 radical (unpaired) electrons. The van der Waals surface area contributed by atoms with Crippen LogP contribution in [-0.2, 0) is 5.54 Å². The molecule has 1 aromatic rings. The zero-order valence-electron chi connectivity index (χ0n) is 12.0. The van der Waals surface area contributed by atoms with Gasteiger partial charge in [-0.25, -0.2) is 0 Å². The molecule has 0 spiro atoms. The van der Waals surface area contributed by atoms with E-state index in [0.29, 0.717) is 0 Å². The molecule has 0 bridgehead atoms. The molecule has 0 heterocycles. The first-order chi connectivity index (χ1) is 8.51. The van der Waals surface area contributed by atoms with E-state index in [1.54, 1.807) is 7.11 Å². The lowest BCUT2D eigenvalue weighted by atomic mass is 9.85. The Morgan fingerprint density at radius 1 is 1.39 bits per heavy atom. The minimum atomic E-state index is -0.190. The van der Waals surface area contributed by atoms with Crippen molar-refractivity contribution in [2.24, 2.45) is 11.7 Å². The lowest BCUT2D eigenvalue weighted by molar-refractivity contribution is 0.368. The highest BCUT2D eigenvalue weighted by atomic mass is 16.5. The maximum Gasteiger partial charge on any atom is 0.127 e. The molecular weight excluding hydrogens is 222 g/mol. The molecule has 0 aliphatic heterocycles. The zero-order valence-corrected chi connectivity index (χ0v) is 12.0. The van der Waals surface area contributed by atoms with Crippen molar-refractivity contribution in [3.05, 3.63) is 28.8 Å². The Morgan fingerprint density at radius 2 is 2.11 bits per heavy atom. The van der Waals surface area contributed by atoms with Crippen molar-refractivity contribution in [1.29, 1.82) is 0 Å². The van der Waals surface area contributed by atoms with E-state index in [1.807, 2.05) is 0 Å². The summed E-state index contributed by atoms with van der Waals surface area (Å²) < 4.78 is 5.62. The van der Waals surface area contributed by atoms with Gasteiger partial charge in [-0.05, 0) is 50.2 Å². The number of hydrogen-bond donors (Lipinski definition) is 1. The normalized spacial score (nSPS) is 27.5. The van der Waals surface area contributed by atoms with Crippen molar-refractivity contribution in [2.75, 3.05) is 7.11 Å². The van der Waals surface area contributed by atoms with Gasteiger partial charge in [-0.2, -0.15) is 0 Å². The second-order valence-corrected chi connectivity index (χ2v) is 5.76. The molecule has 2 unspecified atom stereocenters. The Hall–Kier alpha value is -1.02. The summed E-state index contributed by atoms with van der Waals surface area (Å²) >= 11 is 0. The van der Waals surface area contributed by atoms with Gasteiger partial charge in [0.25, 0.3) is 0 Å². The van der Waals surface area contributed by atoms with Crippen LogP contribution in [0.2, 0.25) is 0 Å². The molecule has 2 atom stereocenters. The number of ether oxygens (including phenoxy) is 1. The van der Waals surface area contributed by atoms with Gasteiger partial charge in [-0.15, -0.1) is 0 Å². The van der Waals surface area contributed by atoms with Crippen LogP contribution < -0.4 is 10.5 Å². The van der Waals surface area contributed by atoms with Crippen LogP contribution in [0.3, 0.4) is 0 Å². The van der Waals surface area contributed by atoms with Crippen LogP contribution in [0.1, 0.15) is 49.3 Å². The fraction of sp³-hybridized carbons (Fsp3) is 0.625. The summed E-state index contributed by atoms with van der Waals surface area (Å²) in [5.41, 5.74) is 10.2. The van der Waals surface area contributed by atoms with Gasteiger partial charge in [0.05, 0.1) is 7.11 Å². The highest BCUT2D eigenvalue weighted by Crippen LogP contribution is 2.45. The van der Waals surface area contributed by atoms with Crippen molar-refractivity contribution in [3.63, 3.8) is 0 Å². The lowest BCUT2D eigenvalue weighted by Gasteiger charge is -2.28.